The summed E-state index contributed by atoms with van der Waals surface area (Å²) in [6.45, 7) is 9.16. The maximum Gasteiger partial charge on any atom is 0.306 e. The summed E-state index contributed by atoms with van der Waals surface area (Å²) in [5.74, 6) is 1.57. The second kappa shape index (κ2) is 19.3. The quantitative estimate of drug-likeness (QED) is 0.162. The first-order valence-corrected chi connectivity index (χ1v) is 25.3. The van der Waals surface area contributed by atoms with E-state index in [-0.39, 0.29) is 36.1 Å². The molecule has 4 aliphatic heterocycles. The molecule has 2 saturated carbocycles. The van der Waals surface area contributed by atoms with Crippen LogP contribution in [0.25, 0.3) is 21.5 Å². The molecule has 4 bridgehead atoms. The molecule has 6 aliphatic rings. The Kier molecular flexibility index (Phi) is 13.8. The number of hydrogen-bond acceptors (Lipinski definition) is 6. The lowest BCUT2D eigenvalue weighted by atomic mass is 9.88. The molecular formula is C54H68Cl2N2O6. The molecule has 4 aromatic rings. The number of ether oxygens (including phenoxy) is 2. The van der Waals surface area contributed by atoms with Gasteiger partial charge in [-0.05, 0) is 175 Å². The van der Waals surface area contributed by atoms with E-state index < -0.39 is 11.9 Å². The van der Waals surface area contributed by atoms with Gasteiger partial charge in [-0.3, -0.25) is 19.4 Å². The molecular weight excluding hydrogens is 844 g/mol. The lowest BCUT2D eigenvalue weighted by Crippen LogP contribution is -2.45. The monoisotopic (exact) mass is 910 g/mol. The first-order chi connectivity index (χ1) is 30.8. The Morgan fingerprint density at radius 1 is 0.531 bits per heavy atom. The van der Waals surface area contributed by atoms with E-state index in [0.29, 0.717) is 34.2 Å². The van der Waals surface area contributed by atoms with E-state index in [0.717, 1.165) is 122 Å². The summed E-state index contributed by atoms with van der Waals surface area (Å²) in [5, 5.41) is 24.7. The SMILES string of the molecule is CC1CCC(Oc2ccc3cc([C@@H](C)N4C5CCC4CC(C(=O)O)C5)ccc3c2Cl)CC1.CC1CCC(Oc2ccc3cc([C@H](C)N4C5CCC4CC(C(=O)O)C5)ccc3c2Cl)CC1. The summed E-state index contributed by atoms with van der Waals surface area (Å²) < 4.78 is 12.6. The van der Waals surface area contributed by atoms with Crippen molar-refractivity contribution >= 4 is 56.7 Å². The number of benzene rings is 4. The lowest BCUT2D eigenvalue weighted by molar-refractivity contribution is -0.145. The van der Waals surface area contributed by atoms with Gasteiger partial charge in [0.05, 0.1) is 34.1 Å². The average molecular weight is 912 g/mol. The highest BCUT2D eigenvalue weighted by Gasteiger charge is 2.46. The van der Waals surface area contributed by atoms with Crippen LogP contribution in [0.1, 0.15) is 154 Å². The molecule has 10 heteroatoms. The van der Waals surface area contributed by atoms with Crippen molar-refractivity contribution in [1.29, 1.82) is 0 Å². The molecule has 6 fully saturated rings. The maximum atomic E-state index is 11.5. The lowest BCUT2D eigenvalue weighted by Gasteiger charge is -2.41. The highest BCUT2D eigenvalue weighted by molar-refractivity contribution is 6.37. The van der Waals surface area contributed by atoms with Crippen LogP contribution in [0, 0.1) is 23.7 Å². The molecule has 4 unspecified atom stereocenters. The zero-order chi connectivity index (χ0) is 44.8. The minimum atomic E-state index is -0.629. The van der Waals surface area contributed by atoms with E-state index in [1.54, 1.807) is 0 Å². The van der Waals surface area contributed by atoms with Gasteiger partial charge in [-0.1, -0.05) is 73.4 Å². The molecule has 10 rings (SSSR count). The third-order valence-electron chi connectivity index (χ3n) is 16.5. The van der Waals surface area contributed by atoms with Crippen molar-refractivity contribution in [2.75, 3.05) is 0 Å². The normalized spacial score (nSPS) is 31.5. The Hall–Kier alpha value is -3.56. The average Bonchev–Trinajstić information content (AvgIpc) is 3.71. The smallest absolute Gasteiger partial charge is 0.306 e. The van der Waals surface area contributed by atoms with Crippen molar-refractivity contribution in [3.63, 3.8) is 0 Å². The topological polar surface area (TPSA) is 99.5 Å². The zero-order valence-corrected chi connectivity index (χ0v) is 39.7. The van der Waals surface area contributed by atoms with Gasteiger partial charge in [-0.2, -0.15) is 0 Å². The van der Waals surface area contributed by atoms with E-state index in [1.807, 2.05) is 12.1 Å². The number of piperidine rings is 2. The molecule has 0 aromatic heterocycles. The van der Waals surface area contributed by atoms with Crippen LogP contribution in [0.4, 0.5) is 0 Å². The zero-order valence-electron chi connectivity index (χ0n) is 38.2. The number of rotatable bonds is 10. The van der Waals surface area contributed by atoms with Gasteiger partial charge in [0.2, 0.25) is 0 Å². The van der Waals surface area contributed by atoms with Gasteiger partial charge in [-0.15, -0.1) is 0 Å². The summed E-state index contributed by atoms with van der Waals surface area (Å²) in [7, 11) is 0. The van der Waals surface area contributed by atoms with Crippen molar-refractivity contribution in [1.82, 2.24) is 9.80 Å². The first kappa shape index (κ1) is 45.6. The van der Waals surface area contributed by atoms with Gasteiger partial charge in [0, 0.05) is 47.0 Å². The van der Waals surface area contributed by atoms with E-state index >= 15 is 0 Å². The minimum absolute atomic E-state index is 0.183. The second-order valence-electron chi connectivity index (χ2n) is 20.7. The Labute approximate surface area is 389 Å². The molecule has 0 amide bonds. The molecule has 4 aromatic carbocycles. The first-order valence-electron chi connectivity index (χ1n) is 24.6. The molecule has 64 heavy (non-hydrogen) atoms. The Balaban J connectivity index is 0.000000162. The van der Waals surface area contributed by atoms with Crippen molar-refractivity contribution in [2.45, 2.75) is 179 Å². The third kappa shape index (κ3) is 9.50. The highest BCUT2D eigenvalue weighted by atomic mass is 35.5. The second-order valence-corrected chi connectivity index (χ2v) is 21.5. The van der Waals surface area contributed by atoms with Crippen LogP contribution in [0.5, 0.6) is 11.5 Å². The van der Waals surface area contributed by atoms with Crippen molar-refractivity contribution in [3.05, 3.63) is 81.8 Å². The van der Waals surface area contributed by atoms with Gasteiger partial charge >= 0.3 is 11.9 Å². The minimum Gasteiger partial charge on any atom is -0.489 e. The Bertz CT molecular complexity index is 2130. The fourth-order valence-corrected chi connectivity index (χ4v) is 13.3. The van der Waals surface area contributed by atoms with E-state index in [2.05, 4.69) is 86.0 Å². The maximum absolute atomic E-state index is 11.5. The van der Waals surface area contributed by atoms with Gasteiger partial charge < -0.3 is 19.7 Å². The molecule has 2 aliphatic carbocycles. The molecule has 6 atom stereocenters. The number of hydrogen-bond donors (Lipinski definition) is 2. The summed E-state index contributed by atoms with van der Waals surface area (Å²) in [6.07, 6.45) is 17.4. The number of carboxylic acid groups (broad SMARTS) is 2. The summed E-state index contributed by atoms with van der Waals surface area (Å²) in [5.41, 5.74) is 2.54. The largest absolute Gasteiger partial charge is 0.489 e. The Morgan fingerprint density at radius 2 is 0.875 bits per heavy atom. The van der Waals surface area contributed by atoms with Gasteiger partial charge in [0.1, 0.15) is 11.5 Å². The summed E-state index contributed by atoms with van der Waals surface area (Å²) in [6, 6.07) is 23.5. The number of carbonyl (C=O) groups is 2. The fourth-order valence-electron chi connectivity index (χ4n) is 12.8. The van der Waals surface area contributed by atoms with Crippen LogP contribution in [-0.2, 0) is 9.59 Å². The number of nitrogens with zero attached hydrogens (tertiary/aromatic N) is 2. The van der Waals surface area contributed by atoms with E-state index in [1.165, 1.54) is 36.8 Å². The van der Waals surface area contributed by atoms with Gasteiger partial charge in [0.15, 0.2) is 0 Å². The Morgan fingerprint density at radius 3 is 1.20 bits per heavy atom. The summed E-state index contributed by atoms with van der Waals surface area (Å²) in [4.78, 5) is 28.2. The van der Waals surface area contributed by atoms with Crippen LogP contribution in [0.15, 0.2) is 60.7 Å². The molecule has 8 nitrogen and oxygen atoms in total. The summed E-state index contributed by atoms with van der Waals surface area (Å²) >= 11 is 13.6. The molecule has 2 N–H and O–H groups in total. The van der Waals surface area contributed by atoms with E-state index in [4.69, 9.17) is 32.7 Å². The number of aliphatic carboxylic acids is 2. The molecule has 0 spiro atoms. The predicted molar refractivity (Wildman–Crippen MR) is 257 cm³/mol. The van der Waals surface area contributed by atoms with Crippen LogP contribution in [-0.4, -0.2) is 68.3 Å². The van der Waals surface area contributed by atoms with Crippen molar-refractivity contribution < 1.29 is 29.3 Å². The van der Waals surface area contributed by atoms with Crippen LogP contribution >= 0.6 is 23.2 Å². The van der Waals surface area contributed by atoms with Gasteiger partial charge in [0.25, 0.3) is 0 Å². The van der Waals surface area contributed by atoms with E-state index in [9.17, 15) is 19.8 Å². The number of fused-ring (bicyclic) bond motifs is 6. The van der Waals surface area contributed by atoms with Crippen LogP contribution in [0.2, 0.25) is 10.0 Å². The van der Waals surface area contributed by atoms with Gasteiger partial charge in [-0.25, -0.2) is 0 Å². The van der Waals surface area contributed by atoms with Crippen molar-refractivity contribution in [2.24, 2.45) is 23.7 Å². The number of halogens is 2. The van der Waals surface area contributed by atoms with Crippen molar-refractivity contribution in [3.8, 4) is 11.5 Å². The fraction of sp³-hybridized carbons (Fsp3) is 0.593. The molecule has 0 radical (unpaired) electrons. The molecule has 4 heterocycles. The predicted octanol–water partition coefficient (Wildman–Crippen LogP) is 13.7. The standard InChI is InChI=1S/2C27H34ClNO3/c2*1-16-3-9-23(10-4-16)32-25-12-6-19-13-18(5-11-24(19)26(25)28)17(2)29-21-7-8-22(29)15-20(14-21)27(30)31/h2*5-6,11-13,16-17,20-23H,3-4,7-10,14-15H2,1-2H3,(H,30,31)/t2*16?,17-,20?,21?,22?,23?/m10/s1. The molecule has 344 valence electrons. The number of carboxylic acids is 2. The van der Waals surface area contributed by atoms with Crippen LogP contribution in [0.3, 0.4) is 0 Å². The molecule has 4 saturated heterocycles. The third-order valence-corrected chi connectivity index (χ3v) is 17.3. The highest BCUT2D eigenvalue weighted by Crippen LogP contribution is 2.47. The van der Waals surface area contributed by atoms with Crippen LogP contribution < -0.4 is 9.47 Å².